The van der Waals surface area contributed by atoms with E-state index in [-0.39, 0.29) is 5.91 Å². The smallest absolute Gasteiger partial charge is 0.244 e. The van der Waals surface area contributed by atoms with E-state index in [9.17, 15) is 4.79 Å². The lowest BCUT2D eigenvalue weighted by Crippen LogP contribution is -2.21. The molecular weight excluding hydrogens is 292 g/mol. The Kier molecular flexibility index (Phi) is 5.50. The van der Waals surface area contributed by atoms with Crippen LogP contribution in [0.5, 0.6) is 0 Å². The minimum Gasteiger partial charge on any atom is -0.273 e. The van der Waals surface area contributed by atoms with Gasteiger partial charge in [-0.1, -0.05) is 30.7 Å². The Morgan fingerprint density at radius 2 is 2.00 bits per heavy atom. The van der Waals surface area contributed by atoms with Crippen LogP contribution in [0.1, 0.15) is 40.3 Å². The van der Waals surface area contributed by atoms with E-state index >= 15 is 0 Å². The SMILES string of the molecule is CCc1ccc(/C(C)=N\NC(=O)Cc2ccc(C)cc2C)s1. The van der Waals surface area contributed by atoms with Gasteiger partial charge < -0.3 is 0 Å². The zero-order chi connectivity index (χ0) is 16.1. The summed E-state index contributed by atoms with van der Waals surface area (Å²) in [4.78, 5) is 14.5. The molecule has 0 fully saturated rings. The number of hydrazone groups is 1. The molecule has 1 aromatic carbocycles. The van der Waals surface area contributed by atoms with Gasteiger partial charge >= 0.3 is 0 Å². The van der Waals surface area contributed by atoms with Gasteiger partial charge in [0.05, 0.1) is 17.0 Å². The highest BCUT2D eigenvalue weighted by Gasteiger charge is 2.07. The molecular formula is C18H22N2OS. The second kappa shape index (κ2) is 7.36. The van der Waals surface area contributed by atoms with Crippen LogP contribution in [0.25, 0.3) is 0 Å². The highest BCUT2D eigenvalue weighted by atomic mass is 32.1. The van der Waals surface area contributed by atoms with Crippen LogP contribution in [0.2, 0.25) is 0 Å². The number of aryl methyl sites for hydroxylation is 3. The van der Waals surface area contributed by atoms with Crippen LogP contribution in [0, 0.1) is 13.8 Å². The molecule has 0 saturated carbocycles. The molecule has 0 unspecified atom stereocenters. The molecule has 0 saturated heterocycles. The van der Waals surface area contributed by atoms with Crippen molar-refractivity contribution in [1.82, 2.24) is 5.43 Å². The van der Waals surface area contributed by atoms with Gasteiger partial charge in [-0.05, 0) is 50.5 Å². The molecule has 1 aromatic heterocycles. The van der Waals surface area contributed by atoms with E-state index in [0.717, 1.165) is 28.1 Å². The minimum absolute atomic E-state index is 0.0847. The van der Waals surface area contributed by atoms with Gasteiger partial charge in [-0.25, -0.2) is 5.43 Å². The van der Waals surface area contributed by atoms with Crippen LogP contribution in [0.15, 0.2) is 35.4 Å². The summed E-state index contributed by atoms with van der Waals surface area (Å²) in [6.07, 6.45) is 1.38. The van der Waals surface area contributed by atoms with Crippen molar-refractivity contribution >= 4 is 23.0 Å². The van der Waals surface area contributed by atoms with E-state index < -0.39 is 0 Å². The van der Waals surface area contributed by atoms with Gasteiger partial charge in [0.15, 0.2) is 0 Å². The van der Waals surface area contributed by atoms with E-state index in [2.05, 4.69) is 42.6 Å². The standard InChI is InChI=1S/C18H22N2OS/c1-5-16-8-9-17(22-16)14(4)19-20-18(21)11-15-7-6-12(2)10-13(15)3/h6-10H,5,11H2,1-4H3,(H,20,21)/b19-14-. The molecule has 116 valence electrons. The maximum atomic E-state index is 12.0. The van der Waals surface area contributed by atoms with Crippen molar-refractivity contribution in [2.75, 3.05) is 0 Å². The second-order valence-electron chi connectivity index (χ2n) is 5.46. The number of nitrogens with one attached hydrogen (secondary N) is 1. The molecule has 0 radical (unpaired) electrons. The van der Waals surface area contributed by atoms with Gasteiger partial charge in [0.25, 0.3) is 0 Å². The molecule has 3 nitrogen and oxygen atoms in total. The summed E-state index contributed by atoms with van der Waals surface area (Å²) >= 11 is 1.72. The predicted octanol–water partition coefficient (Wildman–Crippen LogP) is 4.01. The summed E-state index contributed by atoms with van der Waals surface area (Å²) in [6, 6.07) is 10.3. The van der Waals surface area contributed by atoms with Crippen LogP contribution in [-0.2, 0) is 17.6 Å². The van der Waals surface area contributed by atoms with E-state index in [1.165, 1.54) is 10.4 Å². The minimum atomic E-state index is -0.0847. The molecule has 1 amide bonds. The number of nitrogens with zero attached hydrogens (tertiary/aromatic N) is 1. The molecule has 0 aliphatic rings. The first-order chi connectivity index (χ1) is 10.5. The first-order valence-corrected chi connectivity index (χ1v) is 8.29. The summed E-state index contributed by atoms with van der Waals surface area (Å²) in [5.41, 5.74) is 6.89. The average molecular weight is 314 g/mol. The molecule has 0 aliphatic heterocycles. The monoisotopic (exact) mass is 314 g/mol. The van der Waals surface area contributed by atoms with Crippen LogP contribution in [-0.4, -0.2) is 11.6 Å². The fourth-order valence-corrected chi connectivity index (χ4v) is 3.11. The Bertz CT molecular complexity index is 701. The molecule has 0 bridgehead atoms. The van der Waals surface area contributed by atoms with E-state index in [0.29, 0.717) is 6.42 Å². The Balaban J connectivity index is 1.98. The summed E-state index contributed by atoms with van der Waals surface area (Å²) < 4.78 is 0. The van der Waals surface area contributed by atoms with Crippen LogP contribution >= 0.6 is 11.3 Å². The molecule has 1 N–H and O–H groups in total. The van der Waals surface area contributed by atoms with Gasteiger partial charge in [-0.15, -0.1) is 11.3 Å². The van der Waals surface area contributed by atoms with Crippen molar-refractivity contribution in [3.8, 4) is 0 Å². The van der Waals surface area contributed by atoms with E-state index in [4.69, 9.17) is 0 Å². The van der Waals surface area contributed by atoms with Crippen molar-refractivity contribution in [2.45, 2.75) is 40.5 Å². The number of carbonyl (C=O) groups excluding carboxylic acids is 1. The molecule has 2 rings (SSSR count). The predicted molar refractivity (Wildman–Crippen MR) is 93.7 cm³/mol. The normalized spacial score (nSPS) is 11.5. The van der Waals surface area contributed by atoms with Gasteiger partial charge in [0.1, 0.15) is 0 Å². The van der Waals surface area contributed by atoms with Crippen LogP contribution in [0.4, 0.5) is 0 Å². The lowest BCUT2D eigenvalue weighted by Gasteiger charge is -2.06. The fourth-order valence-electron chi connectivity index (χ4n) is 2.22. The maximum absolute atomic E-state index is 12.0. The second-order valence-corrected chi connectivity index (χ2v) is 6.63. The largest absolute Gasteiger partial charge is 0.273 e. The van der Waals surface area contributed by atoms with Crippen LogP contribution in [0.3, 0.4) is 0 Å². The highest BCUT2D eigenvalue weighted by molar-refractivity contribution is 7.14. The third kappa shape index (κ3) is 4.28. The number of thiophene rings is 1. The molecule has 0 atom stereocenters. The Hall–Kier alpha value is -1.94. The van der Waals surface area contributed by atoms with E-state index in [1.807, 2.05) is 26.0 Å². The summed E-state index contributed by atoms with van der Waals surface area (Å²) in [5.74, 6) is -0.0847. The van der Waals surface area contributed by atoms with Gasteiger partial charge in [-0.2, -0.15) is 5.10 Å². The van der Waals surface area contributed by atoms with E-state index in [1.54, 1.807) is 11.3 Å². The quantitative estimate of drug-likeness (QED) is 0.657. The van der Waals surface area contributed by atoms with Crippen molar-refractivity contribution < 1.29 is 4.79 Å². The van der Waals surface area contributed by atoms with Gasteiger partial charge in [0.2, 0.25) is 5.91 Å². The summed E-state index contributed by atoms with van der Waals surface area (Å²) in [7, 11) is 0. The Morgan fingerprint density at radius 1 is 1.23 bits per heavy atom. The first-order valence-electron chi connectivity index (χ1n) is 7.48. The highest BCUT2D eigenvalue weighted by Crippen LogP contribution is 2.17. The Labute approximate surface area is 136 Å². The molecule has 0 aliphatic carbocycles. The van der Waals surface area contributed by atoms with Crippen molar-refractivity contribution in [2.24, 2.45) is 5.10 Å². The van der Waals surface area contributed by atoms with Gasteiger partial charge in [0, 0.05) is 4.88 Å². The zero-order valence-corrected chi connectivity index (χ0v) is 14.4. The van der Waals surface area contributed by atoms with Crippen LogP contribution < -0.4 is 5.43 Å². The topological polar surface area (TPSA) is 41.5 Å². The number of benzene rings is 1. The molecule has 2 aromatic rings. The van der Waals surface area contributed by atoms with Crippen molar-refractivity contribution in [3.05, 3.63) is 56.8 Å². The number of rotatable bonds is 5. The number of hydrogen-bond donors (Lipinski definition) is 1. The number of carbonyl (C=O) groups is 1. The average Bonchev–Trinajstić information content (AvgIpc) is 2.97. The zero-order valence-electron chi connectivity index (χ0n) is 13.6. The molecule has 0 spiro atoms. The number of hydrogen-bond acceptors (Lipinski definition) is 3. The lowest BCUT2D eigenvalue weighted by atomic mass is 10.0. The molecule has 4 heteroatoms. The molecule has 22 heavy (non-hydrogen) atoms. The fraction of sp³-hybridized carbons (Fsp3) is 0.333. The third-order valence-electron chi connectivity index (χ3n) is 3.56. The third-order valence-corrected chi connectivity index (χ3v) is 4.90. The summed E-state index contributed by atoms with van der Waals surface area (Å²) in [6.45, 7) is 8.13. The first kappa shape index (κ1) is 16.4. The van der Waals surface area contributed by atoms with Crippen molar-refractivity contribution in [3.63, 3.8) is 0 Å². The van der Waals surface area contributed by atoms with Gasteiger partial charge in [-0.3, -0.25) is 4.79 Å². The lowest BCUT2D eigenvalue weighted by molar-refractivity contribution is -0.120. The maximum Gasteiger partial charge on any atom is 0.244 e. The molecule has 1 heterocycles. The number of amides is 1. The Morgan fingerprint density at radius 3 is 2.64 bits per heavy atom. The summed E-state index contributed by atoms with van der Waals surface area (Å²) in [5, 5.41) is 4.21. The van der Waals surface area contributed by atoms with Crippen molar-refractivity contribution in [1.29, 1.82) is 0 Å².